The molecule has 0 aliphatic carbocycles. The number of rotatable bonds is 6. The number of aromatic nitrogens is 4. The molecule has 0 saturated heterocycles. The summed E-state index contributed by atoms with van der Waals surface area (Å²) in [5, 5.41) is 16.3. The van der Waals surface area contributed by atoms with Crippen molar-refractivity contribution in [3.63, 3.8) is 0 Å². The molecule has 1 unspecified atom stereocenters. The van der Waals surface area contributed by atoms with Gasteiger partial charge in [0.15, 0.2) is 0 Å². The maximum atomic E-state index is 12.1. The van der Waals surface area contributed by atoms with E-state index < -0.39 is 0 Å². The monoisotopic (exact) mass is 293 g/mol. The molecule has 1 amide bonds. The number of thiophene rings is 1. The summed E-state index contributed by atoms with van der Waals surface area (Å²) < 4.78 is 1.63. The van der Waals surface area contributed by atoms with E-state index in [-0.39, 0.29) is 11.9 Å². The summed E-state index contributed by atoms with van der Waals surface area (Å²) in [4.78, 5) is 13.3. The second-order valence-electron chi connectivity index (χ2n) is 5.00. The normalized spacial score (nSPS) is 12.6. The number of carbonyl (C=O) groups excluding carboxylic acids is 1. The van der Waals surface area contributed by atoms with E-state index in [9.17, 15) is 4.79 Å². The summed E-state index contributed by atoms with van der Waals surface area (Å²) in [7, 11) is 0. The molecule has 0 aromatic carbocycles. The lowest BCUT2D eigenvalue weighted by Crippen LogP contribution is -2.31. The summed E-state index contributed by atoms with van der Waals surface area (Å²) in [6.07, 6.45) is 0.375. The number of aryl methyl sites for hydroxylation is 2. The Morgan fingerprint density at radius 2 is 2.30 bits per heavy atom. The Kier molecular flexibility index (Phi) is 4.84. The molecular formula is C13H19N5OS. The predicted molar refractivity (Wildman–Crippen MR) is 77.2 cm³/mol. The summed E-state index contributed by atoms with van der Waals surface area (Å²) in [6.45, 7) is 6.53. The summed E-state index contributed by atoms with van der Waals surface area (Å²) in [5.74, 6) is 1.09. The van der Waals surface area contributed by atoms with E-state index in [0.717, 1.165) is 5.82 Å². The molecule has 2 heterocycles. The highest BCUT2D eigenvalue weighted by Crippen LogP contribution is 2.25. The van der Waals surface area contributed by atoms with Gasteiger partial charge in [-0.3, -0.25) is 4.79 Å². The third-order valence-electron chi connectivity index (χ3n) is 3.09. The van der Waals surface area contributed by atoms with E-state index in [2.05, 4.69) is 40.8 Å². The van der Waals surface area contributed by atoms with Crippen molar-refractivity contribution in [2.75, 3.05) is 0 Å². The van der Waals surface area contributed by atoms with Crippen molar-refractivity contribution in [2.24, 2.45) is 5.92 Å². The van der Waals surface area contributed by atoms with Crippen LogP contribution >= 0.6 is 11.3 Å². The van der Waals surface area contributed by atoms with Gasteiger partial charge in [0.25, 0.3) is 0 Å². The smallest absolute Gasteiger partial charge is 0.222 e. The van der Waals surface area contributed by atoms with Crippen molar-refractivity contribution < 1.29 is 4.79 Å². The average molecular weight is 293 g/mol. The highest BCUT2D eigenvalue weighted by atomic mass is 32.1. The van der Waals surface area contributed by atoms with Crippen molar-refractivity contribution in [1.29, 1.82) is 0 Å². The topological polar surface area (TPSA) is 72.7 Å². The van der Waals surface area contributed by atoms with E-state index in [1.165, 1.54) is 4.88 Å². The molecule has 0 radical (unpaired) electrons. The number of nitrogens with one attached hydrogen (secondary N) is 1. The Hall–Kier alpha value is -1.76. The molecule has 20 heavy (non-hydrogen) atoms. The van der Waals surface area contributed by atoms with Crippen LogP contribution in [-0.2, 0) is 11.3 Å². The van der Waals surface area contributed by atoms with Gasteiger partial charge in [0.1, 0.15) is 5.82 Å². The first kappa shape index (κ1) is 14.6. The zero-order chi connectivity index (χ0) is 14.5. The molecule has 0 aliphatic heterocycles. The van der Waals surface area contributed by atoms with Crippen LogP contribution in [0.15, 0.2) is 17.5 Å². The highest BCUT2D eigenvalue weighted by Gasteiger charge is 2.19. The summed E-state index contributed by atoms with van der Waals surface area (Å²) in [6, 6.07) is 4.13. The fourth-order valence-electron chi connectivity index (χ4n) is 1.94. The lowest BCUT2D eigenvalue weighted by molar-refractivity contribution is -0.122. The van der Waals surface area contributed by atoms with E-state index in [1.54, 1.807) is 16.0 Å². The second-order valence-corrected chi connectivity index (χ2v) is 5.98. The van der Waals surface area contributed by atoms with Crippen LogP contribution < -0.4 is 5.32 Å². The molecule has 2 rings (SSSR count). The minimum atomic E-state index is 0.0204. The van der Waals surface area contributed by atoms with Gasteiger partial charge in [-0.15, -0.1) is 16.4 Å². The molecule has 2 aromatic rings. The van der Waals surface area contributed by atoms with Gasteiger partial charge >= 0.3 is 0 Å². The SMILES string of the molecule is Cc1nnnn1CCC(=O)NC(c1cccs1)C(C)C. The zero-order valence-electron chi connectivity index (χ0n) is 11.9. The molecule has 0 bridgehead atoms. The van der Waals surface area contributed by atoms with Gasteiger partial charge in [0.05, 0.1) is 12.6 Å². The van der Waals surface area contributed by atoms with Crippen LogP contribution in [0.2, 0.25) is 0 Å². The molecule has 6 nitrogen and oxygen atoms in total. The first-order chi connectivity index (χ1) is 9.58. The quantitative estimate of drug-likeness (QED) is 0.883. The van der Waals surface area contributed by atoms with Crippen LogP contribution in [0.5, 0.6) is 0 Å². The maximum absolute atomic E-state index is 12.1. The fraction of sp³-hybridized carbons (Fsp3) is 0.538. The van der Waals surface area contributed by atoms with E-state index in [1.807, 2.05) is 18.4 Å². The number of tetrazole rings is 1. The Labute approximate surface area is 122 Å². The molecule has 0 aliphatic rings. The Balaban J connectivity index is 1.91. The minimum absolute atomic E-state index is 0.0204. The van der Waals surface area contributed by atoms with Crippen molar-refractivity contribution in [3.8, 4) is 0 Å². The average Bonchev–Trinajstić information content (AvgIpc) is 3.04. The van der Waals surface area contributed by atoms with Gasteiger partial charge in [0, 0.05) is 11.3 Å². The van der Waals surface area contributed by atoms with Crippen LogP contribution in [0.4, 0.5) is 0 Å². The van der Waals surface area contributed by atoms with Crippen molar-refractivity contribution in [1.82, 2.24) is 25.5 Å². The molecule has 7 heteroatoms. The lowest BCUT2D eigenvalue weighted by Gasteiger charge is -2.21. The highest BCUT2D eigenvalue weighted by molar-refractivity contribution is 7.10. The third-order valence-corrected chi connectivity index (χ3v) is 4.05. The Morgan fingerprint density at radius 1 is 1.50 bits per heavy atom. The molecule has 0 spiro atoms. The lowest BCUT2D eigenvalue weighted by atomic mass is 10.0. The number of carbonyl (C=O) groups is 1. The Bertz CT molecular complexity index is 549. The van der Waals surface area contributed by atoms with Crippen LogP contribution in [0, 0.1) is 12.8 Å². The van der Waals surface area contributed by atoms with Gasteiger partial charge in [0.2, 0.25) is 5.91 Å². The molecule has 0 saturated carbocycles. The van der Waals surface area contributed by atoms with Crippen LogP contribution in [0.25, 0.3) is 0 Å². The van der Waals surface area contributed by atoms with Crippen LogP contribution in [-0.4, -0.2) is 26.1 Å². The summed E-state index contributed by atoms with van der Waals surface area (Å²) >= 11 is 1.67. The zero-order valence-corrected chi connectivity index (χ0v) is 12.7. The molecule has 1 atom stereocenters. The molecule has 1 N–H and O–H groups in total. The van der Waals surface area contributed by atoms with Gasteiger partial charge in [-0.1, -0.05) is 19.9 Å². The van der Waals surface area contributed by atoms with E-state index >= 15 is 0 Å². The predicted octanol–water partition coefficient (Wildman–Crippen LogP) is 1.95. The van der Waals surface area contributed by atoms with E-state index in [0.29, 0.717) is 18.9 Å². The number of nitrogens with zero attached hydrogens (tertiary/aromatic N) is 4. The molecular weight excluding hydrogens is 274 g/mol. The summed E-state index contributed by atoms with van der Waals surface area (Å²) in [5.41, 5.74) is 0. The standard InChI is InChI=1S/C13H19N5OS/c1-9(2)13(11-5-4-8-20-11)14-12(19)6-7-18-10(3)15-16-17-18/h4-5,8-9,13H,6-7H2,1-3H3,(H,14,19). The van der Waals surface area contributed by atoms with Gasteiger partial charge in [-0.05, 0) is 34.7 Å². The van der Waals surface area contributed by atoms with Gasteiger partial charge in [-0.2, -0.15) is 0 Å². The number of amides is 1. The number of hydrogen-bond donors (Lipinski definition) is 1. The van der Waals surface area contributed by atoms with Gasteiger partial charge in [-0.25, -0.2) is 4.68 Å². The molecule has 2 aromatic heterocycles. The second kappa shape index (κ2) is 6.60. The van der Waals surface area contributed by atoms with Crippen LogP contribution in [0.3, 0.4) is 0 Å². The van der Waals surface area contributed by atoms with Crippen molar-refractivity contribution in [2.45, 2.75) is 39.8 Å². The van der Waals surface area contributed by atoms with Crippen molar-refractivity contribution >= 4 is 17.2 Å². The minimum Gasteiger partial charge on any atom is -0.348 e. The third kappa shape index (κ3) is 3.63. The molecule has 108 valence electrons. The van der Waals surface area contributed by atoms with Crippen molar-refractivity contribution in [3.05, 3.63) is 28.2 Å². The molecule has 0 fully saturated rings. The fourth-order valence-corrected chi connectivity index (χ4v) is 2.89. The van der Waals surface area contributed by atoms with E-state index in [4.69, 9.17) is 0 Å². The van der Waals surface area contributed by atoms with Crippen LogP contribution in [0.1, 0.15) is 37.0 Å². The Morgan fingerprint density at radius 3 is 2.85 bits per heavy atom. The largest absolute Gasteiger partial charge is 0.348 e. The first-order valence-electron chi connectivity index (χ1n) is 6.63. The number of hydrogen-bond acceptors (Lipinski definition) is 5. The van der Waals surface area contributed by atoms with Gasteiger partial charge < -0.3 is 5.32 Å². The first-order valence-corrected chi connectivity index (χ1v) is 7.51. The maximum Gasteiger partial charge on any atom is 0.222 e.